The van der Waals surface area contributed by atoms with Crippen molar-refractivity contribution in [2.75, 3.05) is 19.8 Å². The van der Waals surface area contributed by atoms with Gasteiger partial charge < -0.3 is 14.8 Å². The van der Waals surface area contributed by atoms with Crippen LogP contribution in [0.2, 0.25) is 0 Å². The van der Waals surface area contributed by atoms with E-state index in [2.05, 4.69) is 39.9 Å². The largest absolute Gasteiger partial charge is 0.380 e. The van der Waals surface area contributed by atoms with E-state index < -0.39 is 0 Å². The normalized spacial score (nSPS) is 20.0. The van der Waals surface area contributed by atoms with Gasteiger partial charge in [0.25, 0.3) is 0 Å². The first kappa shape index (κ1) is 21.9. The zero-order valence-corrected chi connectivity index (χ0v) is 16.2. The summed E-state index contributed by atoms with van der Waals surface area (Å²) in [4.78, 5) is 0. The maximum atomic E-state index is 5.56. The van der Waals surface area contributed by atoms with Gasteiger partial charge in [-0.05, 0) is 33.1 Å². The van der Waals surface area contributed by atoms with Crippen LogP contribution in [0, 0.1) is 5.41 Å². The highest BCUT2D eigenvalue weighted by atomic mass is 16.5. The molecule has 1 saturated heterocycles. The number of ether oxygens (including phenoxy) is 2. The Morgan fingerprint density at radius 3 is 1.95 bits per heavy atom. The molecule has 1 N–H and O–H groups in total. The van der Waals surface area contributed by atoms with Gasteiger partial charge in [-0.3, -0.25) is 0 Å². The summed E-state index contributed by atoms with van der Waals surface area (Å²) >= 11 is 0. The predicted octanol–water partition coefficient (Wildman–Crippen LogP) is 4.79. The lowest BCUT2D eigenvalue weighted by Crippen LogP contribution is -2.46. The first-order valence-electron chi connectivity index (χ1n) is 9.43. The molecule has 2 aliphatic rings. The molecule has 22 heavy (non-hydrogen) atoms. The first-order valence-corrected chi connectivity index (χ1v) is 9.43. The molecule has 1 saturated carbocycles. The van der Waals surface area contributed by atoms with Gasteiger partial charge in [-0.15, -0.1) is 0 Å². The van der Waals surface area contributed by atoms with Crippen molar-refractivity contribution < 1.29 is 9.47 Å². The molecule has 0 radical (unpaired) electrons. The summed E-state index contributed by atoms with van der Waals surface area (Å²) in [5.74, 6) is 0. The van der Waals surface area contributed by atoms with Crippen molar-refractivity contribution in [1.82, 2.24) is 5.32 Å². The summed E-state index contributed by atoms with van der Waals surface area (Å²) in [7, 11) is 0. The minimum atomic E-state index is 0.346. The van der Waals surface area contributed by atoms with E-state index in [4.69, 9.17) is 9.47 Å². The Bertz CT molecular complexity index is 238. The van der Waals surface area contributed by atoms with Crippen molar-refractivity contribution in [2.45, 2.75) is 98.8 Å². The third kappa shape index (κ3) is 9.12. The van der Waals surface area contributed by atoms with Crippen LogP contribution >= 0.6 is 0 Å². The van der Waals surface area contributed by atoms with Crippen molar-refractivity contribution in [3.8, 4) is 0 Å². The topological polar surface area (TPSA) is 30.5 Å². The number of hydrogen-bond donors (Lipinski definition) is 1. The SMILES string of the molecule is CC.CC(C)NC1CCCC1.CCC1(COC(C)C)COC1. The highest BCUT2D eigenvalue weighted by Gasteiger charge is 2.37. The molecule has 1 heterocycles. The van der Waals surface area contributed by atoms with Crippen LogP contribution in [-0.4, -0.2) is 38.0 Å². The summed E-state index contributed by atoms with van der Waals surface area (Å²) < 4.78 is 10.7. The third-order valence-corrected chi connectivity index (χ3v) is 4.21. The smallest absolute Gasteiger partial charge is 0.0570 e. The molecule has 0 atom stereocenters. The fourth-order valence-corrected chi connectivity index (χ4v) is 2.69. The van der Waals surface area contributed by atoms with Gasteiger partial charge in [0.2, 0.25) is 0 Å². The molecule has 0 amide bonds. The van der Waals surface area contributed by atoms with Gasteiger partial charge in [0, 0.05) is 17.5 Å². The second-order valence-corrected chi connectivity index (χ2v) is 7.01. The predicted molar refractivity (Wildman–Crippen MR) is 96.5 cm³/mol. The molecule has 134 valence electrons. The third-order valence-electron chi connectivity index (χ3n) is 4.21. The number of rotatable bonds is 6. The van der Waals surface area contributed by atoms with Gasteiger partial charge in [-0.25, -0.2) is 0 Å². The molecule has 1 aliphatic heterocycles. The van der Waals surface area contributed by atoms with E-state index in [0.29, 0.717) is 17.6 Å². The monoisotopic (exact) mass is 315 g/mol. The Kier molecular flexibility index (Phi) is 12.3. The van der Waals surface area contributed by atoms with Gasteiger partial charge in [-0.1, -0.05) is 47.5 Å². The Labute approximate surface area is 139 Å². The van der Waals surface area contributed by atoms with E-state index in [1.807, 2.05) is 13.8 Å². The van der Waals surface area contributed by atoms with Crippen molar-refractivity contribution in [2.24, 2.45) is 5.41 Å². The van der Waals surface area contributed by atoms with Crippen LogP contribution in [-0.2, 0) is 9.47 Å². The Hall–Kier alpha value is -0.120. The second kappa shape index (κ2) is 12.3. The number of nitrogens with one attached hydrogen (secondary N) is 1. The molecule has 0 spiro atoms. The van der Waals surface area contributed by atoms with Gasteiger partial charge in [0.05, 0.1) is 25.9 Å². The lowest BCUT2D eigenvalue weighted by atomic mass is 9.84. The molecule has 2 fully saturated rings. The molecule has 0 aromatic heterocycles. The van der Waals surface area contributed by atoms with Crippen LogP contribution in [0.5, 0.6) is 0 Å². The summed E-state index contributed by atoms with van der Waals surface area (Å²) in [5.41, 5.74) is 0.351. The van der Waals surface area contributed by atoms with Crippen LogP contribution in [0.3, 0.4) is 0 Å². The average molecular weight is 316 g/mol. The van der Waals surface area contributed by atoms with E-state index >= 15 is 0 Å². The average Bonchev–Trinajstić information content (AvgIpc) is 2.93. The molecule has 0 bridgehead atoms. The zero-order valence-electron chi connectivity index (χ0n) is 16.2. The van der Waals surface area contributed by atoms with E-state index in [1.54, 1.807) is 0 Å². The Morgan fingerprint density at radius 2 is 1.64 bits per heavy atom. The summed E-state index contributed by atoms with van der Waals surface area (Å²) in [6.45, 7) is 17.4. The first-order chi connectivity index (χ1) is 10.5. The summed E-state index contributed by atoms with van der Waals surface area (Å²) in [5, 5.41) is 3.54. The van der Waals surface area contributed by atoms with Crippen LogP contribution in [0.1, 0.15) is 80.6 Å². The van der Waals surface area contributed by atoms with Crippen molar-refractivity contribution >= 4 is 0 Å². The molecule has 2 rings (SSSR count). The van der Waals surface area contributed by atoms with Crippen LogP contribution in [0.4, 0.5) is 0 Å². The molecule has 0 aromatic carbocycles. The minimum Gasteiger partial charge on any atom is -0.380 e. The van der Waals surface area contributed by atoms with Gasteiger partial charge >= 0.3 is 0 Å². The van der Waals surface area contributed by atoms with Gasteiger partial charge in [-0.2, -0.15) is 0 Å². The number of hydrogen-bond acceptors (Lipinski definition) is 3. The molecular weight excluding hydrogens is 274 g/mol. The van der Waals surface area contributed by atoms with Crippen LogP contribution in [0.25, 0.3) is 0 Å². The standard InChI is InChI=1S/C9H18O2.C8H17N.C2H6/c1-4-9(5-10-6-9)7-11-8(2)3;1-7(2)9-8-5-3-4-6-8;1-2/h8H,4-7H2,1-3H3;7-9H,3-6H2,1-2H3;1-2H3. The van der Waals surface area contributed by atoms with E-state index in [0.717, 1.165) is 25.9 Å². The highest BCUT2D eigenvalue weighted by Crippen LogP contribution is 2.31. The van der Waals surface area contributed by atoms with Crippen molar-refractivity contribution in [1.29, 1.82) is 0 Å². The van der Waals surface area contributed by atoms with Gasteiger partial charge in [0.15, 0.2) is 0 Å². The maximum absolute atomic E-state index is 5.56. The summed E-state index contributed by atoms with van der Waals surface area (Å²) in [6.07, 6.45) is 7.18. The Morgan fingerprint density at radius 1 is 1.09 bits per heavy atom. The lowest BCUT2D eigenvalue weighted by molar-refractivity contribution is -0.157. The quantitative estimate of drug-likeness (QED) is 0.764. The van der Waals surface area contributed by atoms with Crippen molar-refractivity contribution in [3.05, 3.63) is 0 Å². The van der Waals surface area contributed by atoms with Crippen LogP contribution in [0.15, 0.2) is 0 Å². The zero-order chi connectivity index (χ0) is 17.0. The van der Waals surface area contributed by atoms with Crippen LogP contribution < -0.4 is 5.32 Å². The molecule has 0 aromatic rings. The van der Waals surface area contributed by atoms with E-state index in [9.17, 15) is 0 Å². The fourth-order valence-electron chi connectivity index (χ4n) is 2.69. The molecular formula is C19H41NO2. The minimum absolute atomic E-state index is 0.346. The maximum Gasteiger partial charge on any atom is 0.0570 e. The molecule has 1 aliphatic carbocycles. The van der Waals surface area contributed by atoms with E-state index in [-0.39, 0.29) is 0 Å². The molecule has 3 nitrogen and oxygen atoms in total. The highest BCUT2D eigenvalue weighted by molar-refractivity contribution is 4.84. The second-order valence-electron chi connectivity index (χ2n) is 7.01. The molecule has 3 heteroatoms. The fraction of sp³-hybridized carbons (Fsp3) is 1.00. The van der Waals surface area contributed by atoms with Gasteiger partial charge in [0.1, 0.15) is 0 Å². The Balaban J connectivity index is 0.000000366. The van der Waals surface area contributed by atoms with E-state index in [1.165, 1.54) is 32.1 Å². The molecule has 0 unspecified atom stereocenters. The lowest BCUT2D eigenvalue weighted by Gasteiger charge is -2.40. The van der Waals surface area contributed by atoms with Crippen molar-refractivity contribution in [3.63, 3.8) is 0 Å². The summed E-state index contributed by atoms with van der Waals surface area (Å²) in [6, 6.07) is 1.51.